The lowest BCUT2D eigenvalue weighted by molar-refractivity contribution is 0.174. The number of aromatic nitrogens is 3. The molecule has 0 bridgehead atoms. The fourth-order valence-corrected chi connectivity index (χ4v) is 4.28. The smallest absolute Gasteiger partial charge is 0.335 e. The first-order valence-corrected chi connectivity index (χ1v) is 9.90. The van der Waals surface area contributed by atoms with Crippen LogP contribution in [0.4, 0.5) is 4.79 Å². The SMILES string of the molecule is Cn1nc(C2CCCN(C(=O)NC3CCCC3)C2)n(-c2ccccc2)c1=O. The van der Waals surface area contributed by atoms with Crippen molar-refractivity contribution < 1.29 is 4.79 Å². The highest BCUT2D eigenvalue weighted by molar-refractivity contribution is 5.74. The van der Waals surface area contributed by atoms with E-state index in [0.29, 0.717) is 12.6 Å². The second kappa shape index (κ2) is 7.58. The molecule has 7 nitrogen and oxygen atoms in total. The van der Waals surface area contributed by atoms with Crippen molar-refractivity contribution in [2.24, 2.45) is 7.05 Å². The Balaban J connectivity index is 1.56. The second-order valence-corrected chi connectivity index (χ2v) is 7.65. The van der Waals surface area contributed by atoms with Crippen LogP contribution in [0.15, 0.2) is 35.1 Å². The van der Waals surface area contributed by atoms with Crippen LogP contribution in [-0.2, 0) is 7.05 Å². The lowest BCUT2D eigenvalue weighted by atomic mass is 9.97. The third-order valence-corrected chi connectivity index (χ3v) is 5.72. The Morgan fingerprint density at radius 2 is 1.85 bits per heavy atom. The molecule has 1 saturated heterocycles. The molecule has 1 unspecified atom stereocenters. The fourth-order valence-electron chi connectivity index (χ4n) is 4.28. The van der Waals surface area contributed by atoms with Crippen LogP contribution in [0.3, 0.4) is 0 Å². The van der Waals surface area contributed by atoms with E-state index < -0.39 is 0 Å². The number of carbonyl (C=O) groups excluding carboxylic acids is 1. The minimum atomic E-state index is -0.149. The van der Waals surface area contributed by atoms with E-state index in [2.05, 4.69) is 10.4 Å². The summed E-state index contributed by atoms with van der Waals surface area (Å²) in [5, 5.41) is 7.69. The largest absolute Gasteiger partial charge is 0.350 e. The molecule has 1 N–H and O–H groups in total. The average Bonchev–Trinajstić information content (AvgIpc) is 3.31. The Hall–Kier alpha value is -2.57. The van der Waals surface area contributed by atoms with Crippen LogP contribution < -0.4 is 11.0 Å². The van der Waals surface area contributed by atoms with Gasteiger partial charge in [-0.15, -0.1) is 0 Å². The first-order chi connectivity index (χ1) is 13.1. The highest BCUT2D eigenvalue weighted by atomic mass is 16.2. The summed E-state index contributed by atoms with van der Waals surface area (Å²) >= 11 is 0. The molecule has 2 fully saturated rings. The number of urea groups is 1. The number of nitrogens with zero attached hydrogens (tertiary/aromatic N) is 4. The molecule has 4 rings (SSSR count). The van der Waals surface area contributed by atoms with Gasteiger partial charge in [-0.25, -0.2) is 18.8 Å². The van der Waals surface area contributed by atoms with Crippen LogP contribution in [0.2, 0.25) is 0 Å². The predicted octanol–water partition coefficient (Wildman–Crippen LogP) is 2.40. The number of nitrogens with one attached hydrogen (secondary N) is 1. The molecule has 1 aliphatic heterocycles. The van der Waals surface area contributed by atoms with Crippen molar-refractivity contribution >= 4 is 6.03 Å². The summed E-state index contributed by atoms with van der Waals surface area (Å²) in [4.78, 5) is 27.2. The van der Waals surface area contributed by atoms with Crippen molar-refractivity contribution in [2.45, 2.75) is 50.5 Å². The van der Waals surface area contributed by atoms with Crippen molar-refractivity contribution in [3.8, 4) is 5.69 Å². The third kappa shape index (κ3) is 3.63. The molecule has 1 aromatic carbocycles. The van der Waals surface area contributed by atoms with Gasteiger partial charge in [0, 0.05) is 32.1 Å². The highest BCUT2D eigenvalue weighted by Crippen LogP contribution is 2.27. The van der Waals surface area contributed by atoms with Gasteiger partial charge in [-0.05, 0) is 37.8 Å². The summed E-state index contributed by atoms with van der Waals surface area (Å²) in [5.41, 5.74) is 0.668. The van der Waals surface area contributed by atoms with Crippen LogP contribution in [0.25, 0.3) is 5.69 Å². The number of rotatable bonds is 3. The number of piperidine rings is 1. The number of carbonyl (C=O) groups is 1. The Morgan fingerprint density at radius 1 is 1.11 bits per heavy atom. The normalized spacial score (nSPS) is 20.8. The summed E-state index contributed by atoms with van der Waals surface area (Å²) in [6, 6.07) is 9.94. The molecular formula is C20H27N5O2. The first kappa shape index (κ1) is 17.8. The van der Waals surface area contributed by atoms with E-state index in [0.717, 1.165) is 43.7 Å². The zero-order valence-corrected chi connectivity index (χ0v) is 15.8. The van der Waals surface area contributed by atoms with E-state index in [1.165, 1.54) is 17.5 Å². The van der Waals surface area contributed by atoms with Crippen LogP contribution in [0.1, 0.15) is 50.3 Å². The predicted molar refractivity (Wildman–Crippen MR) is 103 cm³/mol. The quantitative estimate of drug-likeness (QED) is 0.903. The van der Waals surface area contributed by atoms with Crippen LogP contribution in [0, 0.1) is 0 Å². The second-order valence-electron chi connectivity index (χ2n) is 7.65. The van der Waals surface area contributed by atoms with E-state index in [9.17, 15) is 9.59 Å². The Bertz CT molecular complexity index is 851. The molecule has 1 saturated carbocycles. The van der Waals surface area contributed by atoms with E-state index in [4.69, 9.17) is 0 Å². The highest BCUT2D eigenvalue weighted by Gasteiger charge is 2.30. The lowest BCUT2D eigenvalue weighted by Crippen LogP contribution is -2.48. The molecule has 1 aromatic heterocycles. The number of para-hydroxylation sites is 1. The molecular weight excluding hydrogens is 342 g/mol. The maximum Gasteiger partial charge on any atom is 0.350 e. The molecule has 7 heteroatoms. The molecule has 27 heavy (non-hydrogen) atoms. The number of hydrogen-bond acceptors (Lipinski definition) is 3. The van der Waals surface area contributed by atoms with Gasteiger partial charge in [0.1, 0.15) is 5.82 Å². The lowest BCUT2D eigenvalue weighted by Gasteiger charge is -2.33. The van der Waals surface area contributed by atoms with Crippen LogP contribution in [-0.4, -0.2) is 44.4 Å². The third-order valence-electron chi connectivity index (χ3n) is 5.72. The molecule has 2 amide bonds. The molecule has 2 aromatic rings. The number of likely N-dealkylation sites (tertiary alicyclic amines) is 1. The van der Waals surface area contributed by atoms with Crippen LogP contribution in [0.5, 0.6) is 0 Å². The van der Waals surface area contributed by atoms with E-state index in [1.807, 2.05) is 35.2 Å². The summed E-state index contributed by atoms with van der Waals surface area (Å²) in [7, 11) is 1.68. The minimum Gasteiger partial charge on any atom is -0.335 e. The zero-order chi connectivity index (χ0) is 18.8. The number of aryl methyl sites for hydroxylation is 1. The van der Waals surface area contributed by atoms with Gasteiger partial charge in [0.25, 0.3) is 0 Å². The van der Waals surface area contributed by atoms with Crippen molar-refractivity contribution in [2.75, 3.05) is 13.1 Å². The molecule has 1 aliphatic carbocycles. The Kier molecular flexibility index (Phi) is 5.01. The summed E-state index contributed by atoms with van der Waals surface area (Å²) in [6.45, 7) is 1.36. The van der Waals surface area contributed by atoms with Gasteiger partial charge >= 0.3 is 11.7 Å². The minimum absolute atomic E-state index is 0.0242. The summed E-state index contributed by atoms with van der Waals surface area (Å²) in [5.74, 6) is 0.800. The van der Waals surface area contributed by atoms with E-state index in [1.54, 1.807) is 11.6 Å². The van der Waals surface area contributed by atoms with Gasteiger partial charge in [0.15, 0.2) is 0 Å². The maximum atomic E-state index is 12.7. The van der Waals surface area contributed by atoms with Gasteiger partial charge in [-0.3, -0.25) is 0 Å². The standard InChI is InChI=1S/C20H27N5O2/c1-23-20(27)25(17-11-3-2-4-12-17)18(22-23)15-8-7-13-24(14-15)19(26)21-16-9-5-6-10-16/h2-4,11-12,15-16H,5-10,13-14H2,1H3,(H,21,26). The first-order valence-electron chi connectivity index (χ1n) is 9.90. The van der Waals surface area contributed by atoms with Gasteiger partial charge in [0.05, 0.1) is 5.69 Å². The molecule has 144 valence electrons. The Labute approximate surface area is 159 Å². The van der Waals surface area contributed by atoms with Crippen molar-refractivity contribution in [3.05, 3.63) is 46.6 Å². The molecule has 0 radical (unpaired) electrons. The van der Waals surface area contributed by atoms with Gasteiger partial charge in [-0.2, -0.15) is 5.10 Å². The average molecular weight is 369 g/mol. The molecule has 2 aliphatic rings. The summed E-state index contributed by atoms with van der Waals surface area (Å²) in [6.07, 6.45) is 6.40. The van der Waals surface area contributed by atoms with Gasteiger partial charge in [-0.1, -0.05) is 31.0 Å². The molecule has 0 spiro atoms. The maximum absolute atomic E-state index is 12.7. The number of hydrogen-bond donors (Lipinski definition) is 1. The summed E-state index contributed by atoms with van der Waals surface area (Å²) < 4.78 is 3.07. The van der Waals surface area contributed by atoms with Gasteiger partial charge < -0.3 is 10.2 Å². The zero-order valence-electron chi connectivity index (χ0n) is 15.8. The number of benzene rings is 1. The monoisotopic (exact) mass is 369 g/mol. The number of amides is 2. The van der Waals surface area contributed by atoms with E-state index >= 15 is 0 Å². The Morgan fingerprint density at radius 3 is 2.59 bits per heavy atom. The van der Waals surface area contributed by atoms with Crippen molar-refractivity contribution in [1.29, 1.82) is 0 Å². The van der Waals surface area contributed by atoms with E-state index in [-0.39, 0.29) is 17.6 Å². The van der Waals surface area contributed by atoms with Crippen LogP contribution >= 0.6 is 0 Å². The molecule has 1 atom stereocenters. The topological polar surface area (TPSA) is 72.2 Å². The molecule has 2 heterocycles. The van der Waals surface area contributed by atoms with Crippen molar-refractivity contribution in [1.82, 2.24) is 24.6 Å². The fraction of sp³-hybridized carbons (Fsp3) is 0.550. The van der Waals surface area contributed by atoms with Gasteiger partial charge in [0.2, 0.25) is 0 Å². The van der Waals surface area contributed by atoms with Crippen molar-refractivity contribution in [3.63, 3.8) is 0 Å².